The van der Waals surface area contributed by atoms with Crippen molar-refractivity contribution in [3.05, 3.63) is 82.3 Å². The first-order valence-corrected chi connectivity index (χ1v) is 8.48. The zero-order valence-corrected chi connectivity index (χ0v) is 14.6. The predicted molar refractivity (Wildman–Crippen MR) is 103 cm³/mol. The summed E-state index contributed by atoms with van der Waals surface area (Å²) >= 11 is 0. The molecule has 0 saturated heterocycles. The molecule has 3 heterocycles. The number of hydrogen-bond acceptors (Lipinski definition) is 5. The molecule has 134 valence electrons. The molecular formula is C20H17N5O2. The molecule has 0 unspecified atom stereocenters. The molecule has 0 aliphatic rings. The minimum atomic E-state index is -0.393. The Morgan fingerprint density at radius 3 is 2.63 bits per heavy atom. The zero-order valence-electron chi connectivity index (χ0n) is 14.6. The van der Waals surface area contributed by atoms with Crippen molar-refractivity contribution in [1.29, 1.82) is 0 Å². The molecule has 7 nitrogen and oxygen atoms in total. The van der Waals surface area contributed by atoms with Gasteiger partial charge >= 0.3 is 0 Å². The van der Waals surface area contributed by atoms with Gasteiger partial charge in [0.1, 0.15) is 11.5 Å². The molecule has 0 radical (unpaired) electrons. The van der Waals surface area contributed by atoms with Crippen molar-refractivity contribution in [3.63, 3.8) is 0 Å². The van der Waals surface area contributed by atoms with Crippen LogP contribution in [0.2, 0.25) is 0 Å². The average molecular weight is 359 g/mol. The number of carbonyl (C=O) groups excluding carboxylic acids is 1. The molecule has 1 amide bonds. The standard InChI is InChI=1S/C20H17N5O2/c1-12(13-7-3-2-4-8-13)22-19(26)14-11-15-18(24-17(14)21)23-16-9-5-6-10-25(16)20(15)27/h2-12H,1H3,(H2,21,24)(H,22,26)/t12-/m0/s1. The van der Waals surface area contributed by atoms with Crippen molar-refractivity contribution in [2.75, 3.05) is 5.73 Å². The van der Waals surface area contributed by atoms with Crippen LogP contribution in [0.25, 0.3) is 16.7 Å². The highest BCUT2D eigenvalue weighted by atomic mass is 16.2. The fraction of sp³-hybridized carbons (Fsp3) is 0.100. The molecule has 27 heavy (non-hydrogen) atoms. The van der Waals surface area contributed by atoms with E-state index >= 15 is 0 Å². The quantitative estimate of drug-likeness (QED) is 0.547. The van der Waals surface area contributed by atoms with Crippen LogP contribution in [0, 0.1) is 0 Å². The molecule has 1 atom stereocenters. The molecule has 0 fully saturated rings. The summed E-state index contributed by atoms with van der Waals surface area (Å²) in [6.07, 6.45) is 1.62. The third-order valence-corrected chi connectivity index (χ3v) is 4.43. The molecule has 3 aromatic heterocycles. The van der Waals surface area contributed by atoms with E-state index in [-0.39, 0.29) is 34.0 Å². The van der Waals surface area contributed by atoms with Crippen LogP contribution in [0.5, 0.6) is 0 Å². The van der Waals surface area contributed by atoms with E-state index in [4.69, 9.17) is 5.73 Å². The smallest absolute Gasteiger partial charge is 0.267 e. The normalized spacial score (nSPS) is 12.2. The van der Waals surface area contributed by atoms with E-state index in [1.807, 2.05) is 37.3 Å². The second-order valence-corrected chi connectivity index (χ2v) is 6.24. The van der Waals surface area contributed by atoms with Gasteiger partial charge < -0.3 is 11.1 Å². The van der Waals surface area contributed by atoms with Gasteiger partial charge in [0.05, 0.1) is 17.0 Å². The van der Waals surface area contributed by atoms with Gasteiger partial charge in [0, 0.05) is 6.20 Å². The number of pyridine rings is 2. The number of fused-ring (bicyclic) bond motifs is 2. The van der Waals surface area contributed by atoms with Crippen molar-refractivity contribution < 1.29 is 4.79 Å². The van der Waals surface area contributed by atoms with Gasteiger partial charge in [-0.15, -0.1) is 0 Å². The minimum Gasteiger partial charge on any atom is -0.383 e. The first-order chi connectivity index (χ1) is 13.0. The van der Waals surface area contributed by atoms with Gasteiger partial charge in [0.2, 0.25) is 0 Å². The number of nitrogens with one attached hydrogen (secondary N) is 1. The Morgan fingerprint density at radius 2 is 1.85 bits per heavy atom. The van der Waals surface area contributed by atoms with E-state index in [0.29, 0.717) is 5.65 Å². The van der Waals surface area contributed by atoms with Crippen molar-refractivity contribution in [2.45, 2.75) is 13.0 Å². The van der Waals surface area contributed by atoms with Gasteiger partial charge in [0.15, 0.2) is 5.65 Å². The van der Waals surface area contributed by atoms with Crippen LogP contribution in [0.3, 0.4) is 0 Å². The molecule has 0 aliphatic carbocycles. The lowest BCUT2D eigenvalue weighted by Crippen LogP contribution is -2.28. The Kier molecular flexibility index (Phi) is 4.04. The van der Waals surface area contributed by atoms with Crippen molar-refractivity contribution in [1.82, 2.24) is 19.7 Å². The lowest BCUT2D eigenvalue weighted by Gasteiger charge is -2.15. The van der Waals surface area contributed by atoms with Crippen LogP contribution in [0.4, 0.5) is 5.82 Å². The molecule has 4 aromatic rings. The van der Waals surface area contributed by atoms with Crippen LogP contribution in [0.15, 0.2) is 65.6 Å². The molecule has 3 N–H and O–H groups in total. The summed E-state index contributed by atoms with van der Waals surface area (Å²) in [7, 11) is 0. The Hall–Kier alpha value is -3.74. The zero-order chi connectivity index (χ0) is 19.0. The highest BCUT2D eigenvalue weighted by Crippen LogP contribution is 2.18. The Morgan fingerprint density at radius 1 is 1.11 bits per heavy atom. The van der Waals surface area contributed by atoms with Gasteiger partial charge in [-0.2, -0.15) is 0 Å². The summed E-state index contributed by atoms with van der Waals surface area (Å²) in [5.74, 6) is -0.358. The minimum absolute atomic E-state index is 0.0347. The van der Waals surface area contributed by atoms with Crippen molar-refractivity contribution in [3.8, 4) is 0 Å². The summed E-state index contributed by atoms with van der Waals surface area (Å²) in [4.78, 5) is 34.0. The van der Waals surface area contributed by atoms with Gasteiger partial charge in [-0.25, -0.2) is 9.97 Å². The van der Waals surface area contributed by atoms with Crippen LogP contribution >= 0.6 is 0 Å². The fourth-order valence-electron chi connectivity index (χ4n) is 2.98. The fourth-order valence-corrected chi connectivity index (χ4v) is 2.98. The van der Waals surface area contributed by atoms with Gasteiger partial charge in [-0.3, -0.25) is 14.0 Å². The average Bonchev–Trinajstić information content (AvgIpc) is 2.68. The van der Waals surface area contributed by atoms with Crippen LogP contribution in [0.1, 0.15) is 28.9 Å². The van der Waals surface area contributed by atoms with Crippen LogP contribution in [-0.4, -0.2) is 20.3 Å². The molecule has 0 bridgehead atoms. The first-order valence-electron chi connectivity index (χ1n) is 8.48. The Labute approximate surface area is 154 Å². The molecular weight excluding hydrogens is 342 g/mol. The van der Waals surface area contributed by atoms with Gasteiger partial charge in [-0.1, -0.05) is 36.4 Å². The number of rotatable bonds is 3. The lowest BCUT2D eigenvalue weighted by molar-refractivity contribution is 0.0940. The van der Waals surface area contributed by atoms with Gasteiger partial charge in [0.25, 0.3) is 11.5 Å². The number of anilines is 1. The predicted octanol–water partition coefficient (Wildman–Crippen LogP) is 2.32. The largest absolute Gasteiger partial charge is 0.383 e. The third-order valence-electron chi connectivity index (χ3n) is 4.43. The van der Waals surface area contributed by atoms with E-state index in [0.717, 1.165) is 5.56 Å². The summed E-state index contributed by atoms with van der Waals surface area (Å²) in [6.45, 7) is 1.88. The second kappa shape index (κ2) is 6.53. The topological polar surface area (TPSA) is 102 Å². The summed E-state index contributed by atoms with van der Waals surface area (Å²) < 4.78 is 1.41. The molecule has 0 aliphatic heterocycles. The second-order valence-electron chi connectivity index (χ2n) is 6.24. The monoisotopic (exact) mass is 359 g/mol. The maximum Gasteiger partial charge on any atom is 0.267 e. The maximum absolute atomic E-state index is 12.7. The highest BCUT2D eigenvalue weighted by Gasteiger charge is 2.18. The molecule has 1 aromatic carbocycles. The van der Waals surface area contributed by atoms with Gasteiger partial charge in [-0.05, 0) is 30.7 Å². The molecule has 0 spiro atoms. The van der Waals surface area contributed by atoms with E-state index in [1.165, 1.54) is 10.5 Å². The molecule has 0 saturated carbocycles. The van der Waals surface area contributed by atoms with E-state index in [1.54, 1.807) is 24.4 Å². The van der Waals surface area contributed by atoms with Crippen molar-refractivity contribution >= 4 is 28.4 Å². The maximum atomic E-state index is 12.7. The Balaban J connectivity index is 1.76. The third kappa shape index (κ3) is 2.99. The van der Waals surface area contributed by atoms with E-state index < -0.39 is 5.91 Å². The number of carbonyl (C=O) groups is 1. The number of benzene rings is 1. The highest BCUT2D eigenvalue weighted by molar-refractivity contribution is 6.01. The number of nitrogen functional groups attached to an aromatic ring is 1. The number of hydrogen-bond donors (Lipinski definition) is 2. The summed E-state index contributed by atoms with van der Waals surface area (Å²) in [5.41, 5.74) is 7.48. The first kappa shape index (κ1) is 16.7. The summed E-state index contributed by atoms with van der Waals surface area (Å²) in [5, 5.41) is 3.13. The van der Waals surface area contributed by atoms with E-state index in [9.17, 15) is 9.59 Å². The van der Waals surface area contributed by atoms with Crippen LogP contribution in [-0.2, 0) is 0 Å². The SMILES string of the molecule is C[C@H](NC(=O)c1cc2c(=O)n3ccccc3nc2nc1N)c1ccccc1. The molecule has 4 rings (SSSR count). The number of nitrogens with zero attached hydrogens (tertiary/aromatic N) is 3. The summed E-state index contributed by atoms with van der Waals surface area (Å²) in [6, 6.07) is 16.0. The van der Waals surface area contributed by atoms with E-state index in [2.05, 4.69) is 15.3 Å². The lowest BCUT2D eigenvalue weighted by atomic mass is 10.1. The number of nitrogens with two attached hydrogens (primary N) is 1. The van der Waals surface area contributed by atoms with Crippen molar-refractivity contribution in [2.24, 2.45) is 0 Å². The number of aromatic nitrogens is 3. The molecule has 7 heteroatoms. The van der Waals surface area contributed by atoms with Crippen LogP contribution < -0.4 is 16.6 Å². The Bertz CT molecular complexity index is 1220. The number of amides is 1.